The number of amides is 2. The maximum absolute atomic E-state index is 12.5. The second kappa shape index (κ2) is 8.23. The molecule has 0 fully saturated rings. The number of methoxy groups -OCH3 is 2. The standard InChI is InChI=1S/C19H22N2O4S/c1-24-15-10-13-6-8-21(12-14(13)11-16(15)25-2)18(22)5-7-20-19(23)17-4-3-9-26-17/h3-4,9-11H,5-8,12H2,1-2H3,(H,20,23). The van der Waals surface area contributed by atoms with Crippen molar-refractivity contribution in [1.29, 1.82) is 0 Å². The number of carbonyl (C=O) groups excluding carboxylic acids is 2. The van der Waals surface area contributed by atoms with E-state index in [4.69, 9.17) is 9.47 Å². The summed E-state index contributed by atoms with van der Waals surface area (Å²) in [5, 5.41) is 4.65. The Labute approximate surface area is 156 Å². The zero-order chi connectivity index (χ0) is 18.5. The fourth-order valence-corrected chi connectivity index (χ4v) is 3.67. The molecule has 1 N–H and O–H groups in total. The van der Waals surface area contributed by atoms with Gasteiger partial charge in [-0.3, -0.25) is 9.59 Å². The van der Waals surface area contributed by atoms with Gasteiger partial charge in [0.2, 0.25) is 5.91 Å². The van der Waals surface area contributed by atoms with Crippen LogP contribution in [0.25, 0.3) is 0 Å². The zero-order valence-corrected chi connectivity index (χ0v) is 15.7. The summed E-state index contributed by atoms with van der Waals surface area (Å²) < 4.78 is 10.7. The van der Waals surface area contributed by atoms with Gasteiger partial charge in [0.1, 0.15) is 0 Å². The van der Waals surface area contributed by atoms with Gasteiger partial charge in [0.15, 0.2) is 11.5 Å². The predicted octanol–water partition coefficient (Wildman–Crippen LogP) is 2.47. The molecule has 6 nitrogen and oxygen atoms in total. The van der Waals surface area contributed by atoms with Crippen LogP contribution in [0.3, 0.4) is 0 Å². The van der Waals surface area contributed by atoms with E-state index in [0.29, 0.717) is 42.4 Å². The molecule has 138 valence electrons. The van der Waals surface area contributed by atoms with E-state index in [1.165, 1.54) is 16.9 Å². The lowest BCUT2D eigenvalue weighted by atomic mass is 9.98. The van der Waals surface area contributed by atoms with Crippen LogP contribution >= 0.6 is 11.3 Å². The van der Waals surface area contributed by atoms with Crippen LogP contribution in [0.5, 0.6) is 11.5 Å². The van der Waals surface area contributed by atoms with E-state index in [1.807, 2.05) is 28.5 Å². The van der Waals surface area contributed by atoms with Gasteiger partial charge in [0.05, 0.1) is 19.1 Å². The third kappa shape index (κ3) is 3.99. The minimum Gasteiger partial charge on any atom is -0.493 e. The summed E-state index contributed by atoms with van der Waals surface area (Å²) in [6, 6.07) is 7.52. The first-order valence-corrected chi connectivity index (χ1v) is 9.33. The van der Waals surface area contributed by atoms with Gasteiger partial charge < -0.3 is 19.7 Å². The summed E-state index contributed by atoms with van der Waals surface area (Å²) in [6.45, 7) is 1.55. The lowest BCUT2D eigenvalue weighted by Gasteiger charge is -2.29. The van der Waals surface area contributed by atoms with Crippen molar-refractivity contribution in [2.45, 2.75) is 19.4 Å². The summed E-state index contributed by atoms with van der Waals surface area (Å²) >= 11 is 1.39. The Balaban J connectivity index is 1.56. The first-order valence-electron chi connectivity index (χ1n) is 8.45. The van der Waals surface area contributed by atoms with Gasteiger partial charge in [-0.1, -0.05) is 6.07 Å². The van der Waals surface area contributed by atoms with Crippen LogP contribution < -0.4 is 14.8 Å². The number of fused-ring (bicyclic) bond motifs is 1. The third-order valence-electron chi connectivity index (χ3n) is 4.44. The molecule has 2 aromatic rings. The Morgan fingerprint density at radius 3 is 2.58 bits per heavy atom. The molecule has 0 aliphatic carbocycles. The van der Waals surface area contributed by atoms with E-state index in [1.54, 1.807) is 20.3 Å². The number of benzene rings is 1. The topological polar surface area (TPSA) is 67.9 Å². The molecular weight excluding hydrogens is 352 g/mol. The maximum atomic E-state index is 12.5. The van der Waals surface area contributed by atoms with Crippen molar-refractivity contribution >= 4 is 23.2 Å². The molecule has 0 saturated carbocycles. The summed E-state index contributed by atoms with van der Waals surface area (Å²) in [4.78, 5) is 26.9. The zero-order valence-electron chi connectivity index (χ0n) is 14.9. The minimum atomic E-state index is -0.131. The van der Waals surface area contributed by atoms with E-state index in [9.17, 15) is 9.59 Å². The van der Waals surface area contributed by atoms with Gasteiger partial charge in [0.25, 0.3) is 5.91 Å². The SMILES string of the molecule is COc1cc2c(cc1OC)CN(C(=O)CCNC(=O)c1cccs1)CC2. The molecule has 3 rings (SSSR count). The molecule has 1 aliphatic heterocycles. The monoisotopic (exact) mass is 374 g/mol. The number of hydrogen-bond donors (Lipinski definition) is 1. The third-order valence-corrected chi connectivity index (χ3v) is 5.31. The first-order chi connectivity index (χ1) is 12.6. The van der Waals surface area contributed by atoms with Crippen molar-refractivity contribution < 1.29 is 19.1 Å². The fraction of sp³-hybridized carbons (Fsp3) is 0.368. The Morgan fingerprint density at radius 1 is 1.19 bits per heavy atom. The van der Waals surface area contributed by atoms with Crippen molar-refractivity contribution in [3.8, 4) is 11.5 Å². The second-order valence-corrected chi connectivity index (χ2v) is 6.97. The normalized spacial score (nSPS) is 13.1. The summed E-state index contributed by atoms with van der Waals surface area (Å²) in [6.07, 6.45) is 1.07. The molecular formula is C19H22N2O4S. The fourth-order valence-electron chi connectivity index (χ4n) is 3.03. The Morgan fingerprint density at radius 2 is 1.92 bits per heavy atom. The summed E-state index contributed by atoms with van der Waals surface area (Å²) in [7, 11) is 3.22. The molecule has 0 radical (unpaired) electrons. The molecule has 2 heterocycles. The van der Waals surface area contributed by atoms with E-state index in [0.717, 1.165) is 12.0 Å². The second-order valence-electron chi connectivity index (χ2n) is 6.02. The first kappa shape index (κ1) is 18.3. The van der Waals surface area contributed by atoms with Gasteiger partial charge in [-0.15, -0.1) is 11.3 Å². The number of thiophene rings is 1. The lowest BCUT2D eigenvalue weighted by Crippen LogP contribution is -2.38. The molecule has 0 bridgehead atoms. The predicted molar refractivity (Wildman–Crippen MR) is 99.9 cm³/mol. The van der Waals surface area contributed by atoms with Gasteiger partial charge in [-0.05, 0) is 41.1 Å². The van der Waals surface area contributed by atoms with Crippen molar-refractivity contribution in [3.63, 3.8) is 0 Å². The molecule has 26 heavy (non-hydrogen) atoms. The number of nitrogens with zero attached hydrogens (tertiary/aromatic N) is 1. The van der Waals surface area contributed by atoms with E-state index in [-0.39, 0.29) is 11.8 Å². The Hall–Kier alpha value is -2.54. The average Bonchev–Trinajstić information content (AvgIpc) is 3.21. The molecule has 0 saturated heterocycles. The molecule has 0 atom stereocenters. The van der Waals surface area contributed by atoms with Crippen LogP contribution in [0.1, 0.15) is 27.2 Å². The quantitative estimate of drug-likeness (QED) is 0.843. The van der Waals surface area contributed by atoms with Gasteiger partial charge in [-0.25, -0.2) is 0 Å². The number of ether oxygens (including phenoxy) is 2. The lowest BCUT2D eigenvalue weighted by molar-refractivity contribution is -0.131. The number of nitrogens with one attached hydrogen (secondary N) is 1. The van der Waals surface area contributed by atoms with Crippen molar-refractivity contribution in [3.05, 3.63) is 45.6 Å². The highest BCUT2D eigenvalue weighted by Crippen LogP contribution is 2.33. The van der Waals surface area contributed by atoms with Gasteiger partial charge in [0, 0.05) is 26.1 Å². The van der Waals surface area contributed by atoms with Crippen LogP contribution in [0.4, 0.5) is 0 Å². The van der Waals surface area contributed by atoms with Gasteiger partial charge in [-0.2, -0.15) is 0 Å². The molecule has 7 heteroatoms. The number of rotatable bonds is 6. The molecule has 2 amide bonds. The van der Waals surface area contributed by atoms with Crippen LogP contribution in [0, 0.1) is 0 Å². The summed E-state index contributed by atoms with van der Waals surface area (Å²) in [5.41, 5.74) is 2.25. The number of hydrogen-bond acceptors (Lipinski definition) is 5. The van der Waals surface area contributed by atoms with E-state index in [2.05, 4.69) is 5.32 Å². The smallest absolute Gasteiger partial charge is 0.261 e. The molecule has 1 aromatic carbocycles. The maximum Gasteiger partial charge on any atom is 0.261 e. The average molecular weight is 374 g/mol. The van der Waals surface area contributed by atoms with Gasteiger partial charge >= 0.3 is 0 Å². The Bertz CT molecular complexity index is 789. The highest BCUT2D eigenvalue weighted by Gasteiger charge is 2.22. The van der Waals surface area contributed by atoms with Crippen LogP contribution in [-0.2, 0) is 17.8 Å². The van der Waals surface area contributed by atoms with E-state index >= 15 is 0 Å². The molecule has 0 unspecified atom stereocenters. The Kier molecular flexibility index (Phi) is 5.78. The van der Waals surface area contributed by atoms with Crippen molar-refractivity contribution in [1.82, 2.24) is 10.2 Å². The number of carbonyl (C=O) groups is 2. The molecule has 1 aliphatic rings. The highest BCUT2D eigenvalue weighted by atomic mass is 32.1. The minimum absolute atomic E-state index is 0.0388. The molecule has 0 spiro atoms. The van der Waals surface area contributed by atoms with Crippen molar-refractivity contribution in [2.75, 3.05) is 27.3 Å². The largest absolute Gasteiger partial charge is 0.493 e. The summed E-state index contributed by atoms with van der Waals surface area (Å²) in [5.74, 6) is 1.29. The molecule has 1 aromatic heterocycles. The van der Waals surface area contributed by atoms with Crippen LogP contribution in [0.15, 0.2) is 29.6 Å². The van der Waals surface area contributed by atoms with Crippen LogP contribution in [0.2, 0.25) is 0 Å². The highest BCUT2D eigenvalue weighted by molar-refractivity contribution is 7.12. The van der Waals surface area contributed by atoms with Crippen LogP contribution in [-0.4, -0.2) is 44.0 Å². The van der Waals surface area contributed by atoms with E-state index < -0.39 is 0 Å². The van der Waals surface area contributed by atoms with Crippen molar-refractivity contribution in [2.24, 2.45) is 0 Å².